The number of piperidine rings is 1. The van der Waals surface area contributed by atoms with Crippen LogP contribution in [0.4, 0.5) is 10.5 Å². The molecule has 120 valence electrons. The molecular formula is C16H17ClN4O2. The highest BCUT2D eigenvalue weighted by molar-refractivity contribution is 6.30. The number of hydrogen-bond donors (Lipinski definition) is 1. The second-order valence-electron chi connectivity index (χ2n) is 5.29. The van der Waals surface area contributed by atoms with E-state index in [9.17, 15) is 4.79 Å². The number of carbonyl (C=O) groups excluding carboxylic acids is 1. The zero-order valence-corrected chi connectivity index (χ0v) is 13.2. The van der Waals surface area contributed by atoms with E-state index in [-0.39, 0.29) is 12.1 Å². The number of benzene rings is 1. The first-order chi connectivity index (χ1) is 11.2. The van der Waals surface area contributed by atoms with E-state index in [0.717, 1.165) is 18.5 Å². The average Bonchev–Trinajstić information content (AvgIpc) is 2.58. The van der Waals surface area contributed by atoms with Crippen LogP contribution in [0.3, 0.4) is 0 Å². The lowest BCUT2D eigenvalue weighted by molar-refractivity contribution is 0.111. The van der Waals surface area contributed by atoms with Crippen molar-refractivity contribution in [3.8, 4) is 5.88 Å². The van der Waals surface area contributed by atoms with E-state index in [0.29, 0.717) is 24.0 Å². The quantitative estimate of drug-likeness (QED) is 0.937. The molecule has 6 nitrogen and oxygen atoms in total. The number of halogens is 1. The Morgan fingerprint density at radius 3 is 2.61 bits per heavy atom. The second-order valence-corrected chi connectivity index (χ2v) is 5.73. The number of hydrogen-bond acceptors (Lipinski definition) is 4. The number of rotatable bonds is 3. The Hall–Kier alpha value is -2.34. The van der Waals surface area contributed by atoms with Crippen molar-refractivity contribution in [2.45, 2.75) is 18.9 Å². The topological polar surface area (TPSA) is 67.4 Å². The van der Waals surface area contributed by atoms with Gasteiger partial charge in [-0.2, -0.15) is 0 Å². The molecule has 1 saturated heterocycles. The molecule has 0 unspecified atom stereocenters. The van der Waals surface area contributed by atoms with Crippen LogP contribution >= 0.6 is 11.6 Å². The minimum Gasteiger partial charge on any atom is -0.474 e. The summed E-state index contributed by atoms with van der Waals surface area (Å²) >= 11 is 5.83. The van der Waals surface area contributed by atoms with Crippen LogP contribution in [0.15, 0.2) is 42.9 Å². The van der Waals surface area contributed by atoms with E-state index >= 15 is 0 Å². The lowest BCUT2D eigenvalue weighted by Crippen LogP contribution is -2.43. The van der Waals surface area contributed by atoms with Crippen molar-refractivity contribution in [2.24, 2.45) is 0 Å². The van der Waals surface area contributed by atoms with Crippen molar-refractivity contribution >= 4 is 23.3 Å². The summed E-state index contributed by atoms with van der Waals surface area (Å²) in [5.74, 6) is 0.573. The molecule has 1 aliphatic rings. The van der Waals surface area contributed by atoms with E-state index < -0.39 is 0 Å². The molecule has 0 atom stereocenters. The molecular weight excluding hydrogens is 316 g/mol. The highest BCUT2D eigenvalue weighted by atomic mass is 35.5. The molecule has 1 fully saturated rings. The van der Waals surface area contributed by atoms with Gasteiger partial charge in [0.2, 0.25) is 5.88 Å². The highest BCUT2D eigenvalue weighted by Gasteiger charge is 2.24. The molecule has 3 rings (SSSR count). The van der Waals surface area contributed by atoms with Gasteiger partial charge in [-0.15, -0.1) is 0 Å². The van der Waals surface area contributed by atoms with Crippen molar-refractivity contribution in [2.75, 3.05) is 18.4 Å². The van der Waals surface area contributed by atoms with E-state index in [1.54, 1.807) is 41.4 Å². The molecule has 0 radical (unpaired) electrons. The maximum Gasteiger partial charge on any atom is 0.321 e. The highest BCUT2D eigenvalue weighted by Crippen LogP contribution is 2.18. The summed E-state index contributed by atoms with van der Waals surface area (Å²) in [7, 11) is 0. The third-order valence-electron chi connectivity index (χ3n) is 3.67. The number of likely N-dealkylation sites (tertiary alicyclic amines) is 1. The van der Waals surface area contributed by atoms with Gasteiger partial charge in [0.05, 0.1) is 0 Å². The van der Waals surface area contributed by atoms with Crippen LogP contribution in [-0.2, 0) is 0 Å². The third kappa shape index (κ3) is 4.32. The summed E-state index contributed by atoms with van der Waals surface area (Å²) in [5, 5.41) is 3.51. The molecule has 0 bridgehead atoms. The number of anilines is 1. The van der Waals surface area contributed by atoms with Gasteiger partial charge in [-0.05, 0) is 24.3 Å². The van der Waals surface area contributed by atoms with Gasteiger partial charge in [0.25, 0.3) is 0 Å². The van der Waals surface area contributed by atoms with Gasteiger partial charge in [0, 0.05) is 48.9 Å². The summed E-state index contributed by atoms with van der Waals surface area (Å²) in [5.41, 5.74) is 0.735. The van der Waals surface area contributed by atoms with Gasteiger partial charge in [0.1, 0.15) is 12.4 Å². The second kappa shape index (κ2) is 7.28. The predicted octanol–water partition coefficient (Wildman–Crippen LogP) is 3.21. The number of aromatic nitrogens is 2. The molecule has 0 spiro atoms. The third-order valence-corrected chi connectivity index (χ3v) is 3.92. The number of ether oxygens (including phenoxy) is 1. The lowest BCUT2D eigenvalue weighted by Gasteiger charge is -2.31. The molecule has 1 aromatic carbocycles. The van der Waals surface area contributed by atoms with Crippen LogP contribution in [-0.4, -0.2) is 40.1 Å². The smallest absolute Gasteiger partial charge is 0.321 e. The summed E-state index contributed by atoms with van der Waals surface area (Å²) < 4.78 is 5.79. The Morgan fingerprint density at radius 1 is 1.22 bits per heavy atom. The van der Waals surface area contributed by atoms with E-state index in [1.807, 2.05) is 0 Å². The first-order valence-corrected chi connectivity index (χ1v) is 7.83. The Morgan fingerprint density at radius 2 is 1.96 bits per heavy atom. The van der Waals surface area contributed by atoms with Crippen LogP contribution in [0.25, 0.3) is 0 Å². The van der Waals surface area contributed by atoms with Crippen LogP contribution in [0, 0.1) is 0 Å². The predicted molar refractivity (Wildman–Crippen MR) is 87.7 cm³/mol. The summed E-state index contributed by atoms with van der Waals surface area (Å²) in [6.07, 6.45) is 4.74. The first kappa shape index (κ1) is 15.6. The summed E-state index contributed by atoms with van der Waals surface area (Å²) in [6.45, 7) is 1.30. The zero-order chi connectivity index (χ0) is 16.1. The molecule has 7 heteroatoms. The molecule has 2 aromatic rings. The monoisotopic (exact) mass is 332 g/mol. The van der Waals surface area contributed by atoms with E-state index in [1.165, 1.54) is 6.33 Å². The largest absolute Gasteiger partial charge is 0.474 e. The summed E-state index contributed by atoms with van der Waals surface area (Å²) in [4.78, 5) is 21.9. The minimum absolute atomic E-state index is 0.0736. The standard InChI is InChI=1S/C16H17ClN4O2/c17-12-1-3-13(4-2-12)20-16(22)21-9-6-14(7-10-21)23-15-5-8-18-11-19-15/h1-5,8,11,14H,6-7,9-10H2,(H,20,22). The van der Waals surface area contributed by atoms with Crippen LogP contribution in [0.5, 0.6) is 5.88 Å². The normalized spacial score (nSPS) is 15.3. The maximum absolute atomic E-state index is 12.2. The van der Waals surface area contributed by atoms with Crippen molar-refractivity contribution < 1.29 is 9.53 Å². The van der Waals surface area contributed by atoms with Crippen molar-refractivity contribution in [3.63, 3.8) is 0 Å². The lowest BCUT2D eigenvalue weighted by atomic mass is 10.1. The average molecular weight is 333 g/mol. The Labute approximate surface area is 139 Å². The SMILES string of the molecule is O=C(Nc1ccc(Cl)cc1)N1CCC(Oc2ccncn2)CC1. The molecule has 0 aliphatic carbocycles. The number of amides is 2. The first-order valence-electron chi connectivity index (χ1n) is 7.45. The van der Waals surface area contributed by atoms with Gasteiger partial charge in [-0.25, -0.2) is 14.8 Å². The van der Waals surface area contributed by atoms with Crippen LogP contribution < -0.4 is 10.1 Å². The van der Waals surface area contributed by atoms with Gasteiger partial charge >= 0.3 is 6.03 Å². The Kier molecular flexibility index (Phi) is 4.92. The number of urea groups is 1. The molecule has 2 amide bonds. The number of carbonyl (C=O) groups is 1. The molecule has 1 aromatic heterocycles. The minimum atomic E-state index is -0.104. The maximum atomic E-state index is 12.2. The van der Waals surface area contributed by atoms with Crippen LogP contribution in [0.2, 0.25) is 5.02 Å². The molecule has 2 heterocycles. The van der Waals surface area contributed by atoms with Gasteiger partial charge in [-0.3, -0.25) is 0 Å². The van der Waals surface area contributed by atoms with Gasteiger partial charge < -0.3 is 15.0 Å². The fraction of sp³-hybridized carbons (Fsp3) is 0.312. The van der Waals surface area contributed by atoms with Gasteiger partial charge in [-0.1, -0.05) is 11.6 Å². The fourth-order valence-electron chi connectivity index (χ4n) is 2.43. The van der Waals surface area contributed by atoms with Crippen molar-refractivity contribution in [1.29, 1.82) is 0 Å². The molecule has 0 saturated carbocycles. The van der Waals surface area contributed by atoms with Gasteiger partial charge in [0.15, 0.2) is 0 Å². The molecule has 1 N–H and O–H groups in total. The van der Waals surface area contributed by atoms with E-state index in [4.69, 9.17) is 16.3 Å². The summed E-state index contributed by atoms with van der Waals surface area (Å²) in [6, 6.07) is 8.70. The number of nitrogens with zero attached hydrogens (tertiary/aromatic N) is 3. The van der Waals surface area contributed by atoms with Crippen LogP contribution in [0.1, 0.15) is 12.8 Å². The Bertz CT molecular complexity index is 643. The molecule has 23 heavy (non-hydrogen) atoms. The van der Waals surface area contributed by atoms with E-state index in [2.05, 4.69) is 15.3 Å². The fourth-order valence-corrected chi connectivity index (χ4v) is 2.56. The zero-order valence-electron chi connectivity index (χ0n) is 12.5. The van der Waals surface area contributed by atoms with Crippen molar-refractivity contribution in [1.82, 2.24) is 14.9 Å². The number of nitrogens with one attached hydrogen (secondary N) is 1. The van der Waals surface area contributed by atoms with Crippen molar-refractivity contribution in [3.05, 3.63) is 47.9 Å². The Balaban J connectivity index is 1.48. The molecule has 1 aliphatic heterocycles.